The number of ketones is 1. The van der Waals surface area contributed by atoms with Gasteiger partial charge in [0.25, 0.3) is 11.8 Å². The van der Waals surface area contributed by atoms with Gasteiger partial charge in [-0.15, -0.1) is 0 Å². The van der Waals surface area contributed by atoms with Crippen LogP contribution in [0, 0.1) is 34.2 Å². The van der Waals surface area contributed by atoms with Gasteiger partial charge in [0.2, 0.25) is 12.0 Å². The second kappa shape index (κ2) is 21.9. The lowest BCUT2D eigenvalue weighted by molar-refractivity contribution is -0.346. The molecule has 2 bridgehead atoms. The van der Waals surface area contributed by atoms with Crippen molar-refractivity contribution in [3.63, 3.8) is 0 Å². The molecule has 78 heavy (non-hydrogen) atoms. The smallest absolute Gasteiger partial charge is 0.350 e. The summed E-state index contributed by atoms with van der Waals surface area (Å²) in [7, 11) is 0. The number of fused-ring (bicyclic) bond motifs is 5. The molecule has 412 valence electrons. The van der Waals surface area contributed by atoms with Crippen molar-refractivity contribution < 1.29 is 90.5 Å². The van der Waals surface area contributed by atoms with Crippen molar-refractivity contribution in [2.75, 3.05) is 19.7 Å². The van der Waals surface area contributed by atoms with E-state index in [-0.39, 0.29) is 34.3 Å². The number of carbonyl (C=O) groups is 8. The molecule has 0 radical (unpaired) electrons. The van der Waals surface area contributed by atoms with Gasteiger partial charge in [-0.2, -0.15) is 0 Å². The van der Waals surface area contributed by atoms with E-state index in [1.165, 1.54) is 64.1 Å². The molecular formula is C56H56F3N3O16. The molecule has 2 unspecified atom stereocenters. The molecule has 2 saturated carbocycles. The molecule has 19 nitrogen and oxygen atoms in total. The number of aliphatic hydroxyl groups excluding tert-OH is 2. The first-order chi connectivity index (χ1) is 36.9. The molecule has 11 atom stereocenters. The summed E-state index contributed by atoms with van der Waals surface area (Å²) in [6, 6.07) is 22.5. The number of nitrogens with one attached hydrogen (secondary N) is 3. The number of rotatable bonds is 15. The molecule has 0 spiro atoms. The van der Waals surface area contributed by atoms with Crippen LogP contribution in [-0.2, 0) is 47.7 Å². The summed E-state index contributed by atoms with van der Waals surface area (Å²) in [5.74, 6) is -15.7. The Morgan fingerprint density at radius 1 is 0.782 bits per heavy atom. The number of hydrogen-bond acceptors (Lipinski definition) is 16. The number of aliphatic hydroxyl groups is 3. The predicted octanol–water partition coefficient (Wildman–Crippen LogP) is 3.68. The largest absolute Gasteiger partial charge is 0.455 e. The van der Waals surface area contributed by atoms with Crippen LogP contribution in [0.1, 0.15) is 90.1 Å². The van der Waals surface area contributed by atoms with E-state index in [1.807, 2.05) is 5.32 Å². The number of halogens is 3. The Kier molecular flexibility index (Phi) is 15.9. The van der Waals surface area contributed by atoms with Crippen molar-refractivity contribution in [1.82, 2.24) is 16.0 Å². The van der Waals surface area contributed by atoms with Crippen molar-refractivity contribution in [3.8, 4) is 0 Å². The Labute approximate surface area is 444 Å². The molecule has 1 aliphatic heterocycles. The zero-order valence-corrected chi connectivity index (χ0v) is 42.8. The van der Waals surface area contributed by atoms with E-state index in [1.54, 1.807) is 54.6 Å². The third-order valence-electron chi connectivity index (χ3n) is 15.6. The molecule has 3 fully saturated rings. The van der Waals surface area contributed by atoms with Gasteiger partial charge in [0, 0.05) is 30.7 Å². The summed E-state index contributed by atoms with van der Waals surface area (Å²) >= 11 is 0. The molecule has 4 aromatic rings. The second-order valence-electron chi connectivity index (χ2n) is 20.4. The van der Waals surface area contributed by atoms with Crippen LogP contribution < -0.4 is 16.0 Å². The molecule has 1 saturated heterocycles. The summed E-state index contributed by atoms with van der Waals surface area (Å²) < 4.78 is 71.9. The lowest BCUT2D eigenvalue weighted by Crippen LogP contribution is -2.81. The first-order valence-electron chi connectivity index (χ1n) is 24.8. The minimum Gasteiger partial charge on any atom is -0.455 e. The van der Waals surface area contributed by atoms with Crippen LogP contribution in [-0.4, -0.2) is 130 Å². The minimum atomic E-state index is -2.54. The molecule has 4 aromatic carbocycles. The van der Waals surface area contributed by atoms with Crippen molar-refractivity contribution in [2.24, 2.45) is 16.7 Å². The Morgan fingerprint density at radius 3 is 2.00 bits per heavy atom. The van der Waals surface area contributed by atoms with Gasteiger partial charge in [-0.05, 0) is 67.0 Å². The zero-order chi connectivity index (χ0) is 56.6. The van der Waals surface area contributed by atoms with E-state index in [2.05, 4.69) is 10.6 Å². The van der Waals surface area contributed by atoms with E-state index in [9.17, 15) is 57.3 Å². The molecular weight excluding hydrogens is 1030 g/mol. The maximum absolute atomic E-state index is 15.3. The highest BCUT2D eigenvalue weighted by atomic mass is 19.2. The third-order valence-corrected chi connectivity index (χ3v) is 15.6. The standard InChI is InChI=1S/C56H56F3N3O16/c1-28-35(24-56(73)48(77-51(71)32-19-13-8-14-20-32)46-54(5,47(68)44(67)40(28)53(56,3)4)36(64)23-37-55(46,27-74-37)78-29(2)63)75-52(72)45(43(30-15-9-6-10-16-30)62-49(69)31-17-11-7-12-18-31)76-39(66)26-60-38(65)25-61-50(70)33-21-22-34(57)42(59)41(33)58/h6-22,35-37,43-46,48,64,67,73H,23-27H2,1-5H3,(H,60,65)(H,61,70)(H,62,69)/t35-,36-,37+,43-,44+,45+,46?,48?,54+,55-,56+/m0/s1. The van der Waals surface area contributed by atoms with Gasteiger partial charge in [0.1, 0.15) is 42.6 Å². The third kappa shape index (κ3) is 10.2. The number of ether oxygens (including phenoxy) is 5. The summed E-state index contributed by atoms with van der Waals surface area (Å²) in [5, 5.41) is 45.1. The monoisotopic (exact) mass is 1080 g/mol. The van der Waals surface area contributed by atoms with Crippen LogP contribution in [0.4, 0.5) is 13.2 Å². The Hall–Kier alpha value is -7.79. The van der Waals surface area contributed by atoms with Gasteiger partial charge < -0.3 is 55.0 Å². The molecule has 3 aliphatic carbocycles. The van der Waals surface area contributed by atoms with Crippen LogP contribution in [0.3, 0.4) is 0 Å². The zero-order valence-electron chi connectivity index (χ0n) is 42.8. The van der Waals surface area contributed by atoms with Crippen LogP contribution in [0.2, 0.25) is 0 Å². The molecule has 4 aliphatic rings. The Morgan fingerprint density at radius 2 is 1.40 bits per heavy atom. The van der Waals surface area contributed by atoms with Gasteiger partial charge in [0.15, 0.2) is 28.8 Å². The average Bonchev–Trinajstić information content (AvgIpc) is 3.44. The number of amides is 3. The van der Waals surface area contributed by atoms with Gasteiger partial charge in [0.05, 0.1) is 41.7 Å². The highest BCUT2D eigenvalue weighted by Crippen LogP contribution is 2.64. The number of carbonyl (C=O) groups excluding carboxylic acids is 8. The van der Waals surface area contributed by atoms with Gasteiger partial charge in [-0.1, -0.05) is 80.6 Å². The lowest BCUT2D eigenvalue weighted by Gasteiger charge is -2.67. The predicted molar refractivity (Wildman–Crippen MR) is 264 cm³/mol. The maximum atomic E-state index is 15.3. The van der Waals surface area contributed by atoms with Crippen LogP contribution in [0.5, 0.6) is 0 Å². The van der Waals surface area contributed by atoms with Crippen molar-refractivity contribution in [3.05, 3.63) is 154 Å². The number of Topliss-reactive ketones (excluding diaryl/α,β-unsaturated/α-hetero) is 1. The van der Waals surface area contributed by atoms with Crippen LogP contribution in [0.25, 0.3) is 0 Å². The highest BCUT2D eigenvalue weighted by Gasteiger charge is 2.78. The van der Waals surface area contributed by atoms with Crippen LogP contribution in [0.15, 0.2) is 114 Å². The number of esters is 4. The van der Waals surface area contributed by atoms with E-state index < -0.39 is 167 Å². The Balaban J connectivity index is 1.18. The minimum absolute atomic E-state index is 0.00568. The second-order valence-corrected chi connectivity index (χ2v) is 20.4. The average molecular weight is 1080 g/mol. The van der Waals surface area contributed by atoms with Crippen molar-refractivity contribution >= 4 is 47.4 Å². The molecule has 3 amide bonds. The summed E-state index contributed by atoms with van der Waals surface area (Å²) in [6.45, 7) is 4.44. The lowest BCUT2D eigenvalue weighted by atomic mass is 9.44. The van der Waals surface area contributed by atoms with E-state index >= 15 is 9.59 Å². The van der Waals surface area contributed by atoms with Crippen LogP contribution >= 0.6 is 0 Å². The molecule has 8 rings (SSSR count). The molecule has 1 heterocycles. The number of benzene rings is 4. The Bertz CT molecular complexity index is 3070. The fraction of sp³-hybridized carbons (Fsp3) is 0.393. The van der Waals surface area contributed by atoms with Gasteiger partial charge in [-0.3, -0.25) is 28.8 Å². The van der Waals surface area contributed by atoms with Crippen molar-refractivity contribution in [2.45, 2.75) is 101 Å². The normalized spacial score (nSPS) is 27.6. The SMILES string of the molecule is CC(=O)O[C@@]12CO[C@@H]1C[C@H](O)[C@@]1(C)C(=O)[C@H](O)C3=C(C)[C@@H](OC(=O)[C@H](OC(=O)CNC(=O)CNC(=O)c4ccc(F)c(F)c4F)[C@@H](NC(=O)c4ccccc4)c4ccccc4)C[C@@](O)(C(OC(=O)c4ccccc4)C12)C3(C)C. The molecule has 6 N–H and O–H groups in total. The van der Waals surface area contributed by atoms with E-state index in [0.717, 1.165) is 6.92 Å². The summed E-state index contributed by atoms with van der Waals surface area (Å²) in [5.41, 5.74) is -9.20. The van der Waals surface area contributed by atoms with Gasteiger partial charge in [-0.25, -0.2) is 22.8 Å². The van der Waals surface area contributed by atoms with Gasteiger partial charge >= 0.3 is 23.9 Å². The number of hydrogen-bond donors (Lipinski definition) is 6. The topological polar surface area (TPSA) is 279 Å². The summed E-state index contributed by atoms with van der Waals surface area (Å²) in [4.78, 5) is 111. The summed E-state index contributed by atoms with van der Waals surface area (Å²) in [6.07, 6.45) is -11.7. The molecule has 0 aromatic heterocycles. The van der Waals surface area contributed by atoms with E-state index in [4.69, 9.17) is 23.7 Å². The maximum Gasteiger partial charge on any atom is 0.350 e. The van der Waals surface area contributed by atoms with Crippen molar-refractivity contribution in [1.29, 1.82) is 0 Å². The quantitative estimate of drug-likeness (QED) is 0.0429. The molecule has 22 heteroatoms. The van der Waals surface area contributed by atoms with E-state index in [0.29, 0.717) is 12.1 Å². The highest BCUT2D eigenvalue weighted by molar-refractivity contribution is 5.98. The fourth-order valence-corrected chi connectivity index (χ4v) is 11.4. The first-order valence-corrected chi connectivity index (χ1v) is 24.8. The first kappa shape index (κ1) is 56.4. The fourth-order valence-electron chi connectivity index (χ4n) is 11.4.